The molecule has 3 aromatic rings. The van der Waals surface area contributed by atoms with Crippen molar-refractivity contribution in [3.05, 3.63) is 68.0 Å². The Hall–Kier alpha value is -2.91. The first-order chi connectivity index (χ1) is 15.5. The van der Waals surface area contributed by atoms with Crippen LogP contribution in [0.1, 0.15) is 32.9 Å². The highest BCUT2D eigenvalue weighted by molar-refractivity contribution is 7.09. The maximum atomic E-state index is 12.9. The van der Waals surface area contributed by atoms with Crippen LogP contribution < -0.4 is 10.3 Å². The van der Waals surface area contributed by atoms with Crippen molar-refractivity contribution in [2.24, 2.45) is 7.05 Å². The van der Waals surface area contributed by atoms with Crippen molar-refractivity contribution in [2.45, 2.75) is 32.4 Å². The van der Waals surface area contributed by atoms with E-state index in [9.17, 15) is 9.59 Å². The van der Waals surface area contributed by atoms with Gasteiger partial charge in [0.25, 0.3) is 5.56 Å². The number of pyridine rings is 1. The molecule has 3 aromatic heterocycles. The van der Waals surface area contributed by atoms with Crippen LogP contribution in [-0.4, -0.2) is 52.0 Å². The third-order valence-electron chi connectivity index (χ3n) is 5.66. The highest BCUT2D eigenvalue weighted by Gasteiger charge is 2.26. The standard InChI is InChI=1S/C23H28N4O4S/c1-25-15-17(14-24-25)5-3-11-31-20-13-21(28)27-10-9-26(16-18-6-4-12-32-18)8-7-19(27)22(20)23(29)30-2/h4,6,12-15H,3,5,7-11,16H2,1-2H3. The van der Waals surface area contributed by atoms with Gasteiger partial charge in [-0.25, -0.2) is 4.79 Å². The van der Waals surface area contributed by atoms with Gasteiger partial charge in [0.1, 0.15) is 11.3 Å². The van der Waals surface area contributed by atoms with Gasteiger partial charge in [0.2, 0.25) is 0 Å². The summed E-state index contributed by atoms with van der Waals surface area (Å²) in [6.07, 6.45) is 5.94. The number of carbonyl (C=O) groups is 1. The van der Waals surface area contributed by atoms with Crippen molar-refractivity contribution < 1.29 is 14.3 Å². The lowest BCUT2D eigenvalue weighted by Gasteiger charge is -2.18. The lowest BCUT2D eigenvalue weighted by Crippen LogP contribution is -2.29. The second-order valence-corrected chi connectivity index (χ2v) is 8.92. The molecule has 170 valence electrons. The quantitative estimate of drug-likeness (QED) is 0.383. The first kappa shape index (κ1) is 22.3. The Morgan fingerprint density at radius 1 is 1.28 bits per heavy atom. The van der Waals surface area contributed by atoms with Crippen molar-refractivity contribution in [3.8, 4) is 5.75 Å². The third kappa shape index (κ3) is 5.11. The normalized spacial score (nSPS) is 14.1. The molecule has 0 radical (unpaired) electrons. The summed E-state index contributed by atoms with van der Waals surface area (Å²) >= 11 is 1.73. The van der Waals surface area contributed by atoms with E-state index in [1.165, 1.54) is 18.1 Å². The van der Waals surface area contributed by atoms with E-state index in [0.29, 0.717) is 36.6 Å². The molecule has 1 aliphatic heterocycles. The lowest BCUT2D eigenvalue weighted by atomic mass is 10.1. The van der Waals surface area contributed by atoms with E-state index in [2.05, 4.69) is 21.4 Å². The number of thiophene rings is 1. The fourth-order valence-electron chi connectivity index (χ4n) is 4.07. The molecule has 0 saturated heterocycles. The summed E-state index contributed by atoms with van der Waals surface area (Å²) in [6.45, 7) is 3.27. The minimum Gasteiger partial charge on any atom is -0.492 e. The average molecular weight is 457 g/mol. The van der Waals surface area contributed by atoms with Crippen LogP contribution in [0.3, 0.4) is 0 Å². The van der Waals surface area contributed by atoms with Gasteiger partial charge in [-0.05, 0) is 29.9 Å². The molecule has 32 heavy (non-hydrogen) atoms. The predicted octanol–water partition coefficient (Wildman–Crippen LogP) is 2.50. The molecular formula is C23H28N4O4S. The molecule has 1 aliphatic rings. The number of hydrogen-bond acceptors (Lipinski definition) is 7. The number of carbonyl (C=O) groups excluding carboxylic acids is 1. The minimum atomic E-state index is -0.470. The number of hydrogen-bond donors (Lipinski definition) is 0. The summed E-state index contributed by atoms with van der Waals surface area (Å²) in [5, 5.41) is 6.24. The Kier molecular flexibility index (Phi) is 7.06. The zero-order valence-corrected chi connectivity index (χ0v) is 19.3. The number of ether oxygens (including phenoxy) is 2. The van der Waals surface area contributed by atoms with E-state index in [4.69, 9.17) is 9.47 Å². The number of esters is 1. The van der Waals surface area contributed by atoms with E-state index in [1.807, 2.05) is 25.5 Å². The van der Waals surface area contributed by atoms with E-state index in [-0.39, 0.29) is 5.56 Å². The molecule has 8 nitrogen and oxygen atoms in total. The van der Waals surface area contributed by atoms with Gasteiger partial charge in [0.05, 0.1) is 19.9 Å². The van der Waals surface area contributed by atoms with Gasteiger partial charge in [0, 0.05) is 62.5 Å². The largest absolute Gasteiger partial charge is 0.492 e. The summed E-state index contributed by atoms with van der Waals surface area (Å²) in [4.78, 5) is 29.2. The number of methoxy groups -OCH3 is 1. The summed E-state index contributed by atoms with van der Waals surface area (Å²) in [7, 11) is 3.24. The summed E-state index contributed by atoms with van der Waals surface area (Å²) in [5.41, 5.74) is 2.04. The molecule has 0 amide bonds. The Morgan fingerprint density at radius 3 is 2.88 bits per heavy atom. The van der Waals surface area contributed by atoms with Gasteiger partial charge in [-0.15, -0.1) is 11.3 Å². The monoisotopic (exact) mass is 456 g/mol. The van der Waals surface area contributed by atoms with Crippen molar-refractivity contribution in [1.29, 1.82) is 0 Å². The van der Waals surface area contributed by atoms with Crippen LogP contribution in [0.4, 0.5) is 0 Å². The molecule has 0 aromatic carbocycles. The molecule has 0 aliphatic carbocycles. The van der Waals surface area contributed by atoms with Crippen LogP contribution in [-0.2, 0) is 37.7 Å². The molecule has 0 saturated carbocycles. The zero-order valence-electron chi connectivity index (χ0n) is 18.5. The van der Waals surface area contributed by atoms with Crippen LogP contribution >= 0.6 is 11.3 Å². The Labute approximate surface area is 191 Å². The highest BCUT2D eigenvalue weighted by atomic mass is 32.1. The van der Waals surface area contributed by atoms with Crippen LogP contribution in [0, 0.1) is 0 Å². The topological polar surface area (TPSA) is 78.6 Å². The Balaban J connectivity index is 1.51. The predicted molar refractivity (Wildman–Crippen MR) is 122 cm³/mol. The van der Waals surface area contributed by atoms with Gasteiger partial charge >= 0.3 is 5.97 Å². The van der Waals surface area contributed by atoms with Gasteiger partial charge in [-0.1, -0.05) is 6.07 Å². The van der Waals surface area contributed by atoms with Gasteiger partial charge in [0.15, 0.2) is 0 Å². The van der Waals surface area contributed by atoms with Crippen molar-refractivity contribution in [2.75, 3.05) is 26.8 Å². The molecule has 0 spiro atoms. The Bertz CT molecular complexity index is 1120. The average Bonchev–Trinajstić information content (AvgIpc) is 3.39. The van der Waals surface area contributed by atoms with Crippen LogP contribution in [0.5, 0.6) is 5.75 Å². The Morgan fingerprint density at radius 2 is 2.16 bits per heavy atom. The fraction of sp³-hybridized carbons (Fsp3) is 0.435. The molecule has 9 heteroatoms. The van der Waals surface area contributed by atoms with Gasteiger partial charge in [-0.3, -0.25) is 14.4 Å². The summed E-state index contributed by atoms with van der Waals surface area (Å²) in [5.74, 6) is -0.159. The van der Waals surface area contributed by atoms with Gasteiger partial charge in [-0.2, -0.15) is 5.10 Å². The van der Waals surface area contributed by atoms with Crippen molar-refractivity contribution >= 4 is 17.3 Å². The highest BCUT2D eigenvalue weighted by Crippen LogP contribution is 2.25. The number of aromatic nitrogens is 3. The summed E-state index contributed by atoms with van der Waals surface area (Å²) in [6, 6.07) is 5.59. The molecule has 4 rings (SSSR count). The first-order valence-electron chi connectivity index (χ1n) is 10.7. The second kappa shape index (κ2) is 10.1. The molecule has 0 unspecified atom stereocenters. The third-order valence-corrected chi connectivity index (χ3v) is 6.52. The first-order valence-corrected chi connectivity index (χ1v) is 11.6. The molecule has 0 bridgehead atoms. The molecule has 0 atom stereocenters. The molecule has 4 heterocycles. The van der Waals surface area contributed by atoms with Crippen molar-refractivity contribution in [1.82, 2.24) is 19.2 Å². The number of aryl methyl sites for hydroxylation is 2. The van der Waals surface area contributed by atoms with E-state index in [1.54, 1.807) is 20.6 Å². The molecular weight excluding hydrogens is 428 g/mol. The van der Waals surface area contributed by atoms with Crippen LogP contribution in [0.15, 0.2) is 40.8 Å². The fourth-order valence-corrected chi connectivity index (χ4v) is 4.82. The molecule has 0 N–H and O–H groups in total. The van der Waals surface area contributed by atoms with E-state index in [0.717, 1.165) is 38.0 Å². The molecule has 0 fully saturated rings. The minimum absolute atomic E-state index is 0.145. The zero-order chi connectivity index (χ0) is 22.5. The van der Waals surface area contributed by atoms with Crippen LogP contribution in [0.2, 0.25) is 0 Å². The summed E-state index contributed by atoms with van der Waals surface area (Å²) < 4.78 is 14.5. The lowest BCUT2D eigenvalue weighted by molar-refractivity contribution is 0.0593. The second-order valence-electron chi connectivity index (χ2n) is 7.89. The van der Waals surface area contributed by atoms with E-state index < -0.39 is 5.97 Å². The smallest absolute Gasteiger partial charge is 0.343 e. The number of nitrogens with zero attached hydrogens (tertiary/aromatic N) is 4. The van der Waals surface area contributed by atoms with E-state index >= 15 is 0 Å². The van der Waals surface area contributed by atoms with Gasteiger partial charge < -0.3 is 14.0 Å². The maximum Gasteiger partial charge on any atom is 0.343 e. The SMILES string of the molecule is COC(=O)c1c(OCCCc2cnn(C)c2)cc(=O)n2c1CCN(Cc1cccs1)CC2. The number of fused-ring (bicyclic) bond motifs is 1. The van der Waals surface area contributed by atoms with Crippen molar-refractivity contribution in [3.63, 3.8) is 0 Å². The number of rotatable bonds is 8. The van der Waals surface area contributed by atoms with Crippen LogP contribution in [0.25, 0.3) is 0 Å². The maximum absolute atomic E-state index is 12.9.